The summed E-state index contributed by atoms with van der Waals surface area (Å²) >= 11 is 0. The van der Waals surface area contributed by atoms with E-state index in [1.807, 2.05) is 20.2 Å². The van der Waals surface area contributed by atoms with E-state index in [1.165, 1.54) is 0 Å². The number of likely N-dealkylation sites (N-methyl/N-ethyl adjacent to an activating group) is 1. The molecule has 0 saturated carbocycles. The van der Waals surface area contributed by atoms with Gasteiger partial charge in [-0.1, -0.05) is 0 Å². The van der Waals surface area contributed by atoms with Gasteiger partial charge in [0.05, 0.1) is 12.2 Å². The molecular weight excluding hydrogens is 230 g/mol. The molecule has 0 heterocycles. The van der Waals surface area contributed by atoms with Crippen LogP contribution in [0.25, 0.3) is 0 Å². The first-order chi connectivity index (χ1) is 8.54. The Morgan fingerprint density at radius 3 is 2.78 bits per heavy atom. The van der Waals surface area contributed by atoms with E-state index in [2.05, 4.69) is 10.2 Å². The van der Waals surface area contributed by atoms with Gasteiger partial charge in [-0.3, -0.25) is 0 Å². The molecule has 100 valence electrons. The minimum Gasteiger partial charge on any atom is -0.462 e. The summed E-state index contributed by atoms with van der Waals surface area (Å²) in [5.41, 5.74) is 7.48. The molecular formula is C13H21N3O2. The van der Waals surface area contributed by atoms with Crippen LogP contribution in [-0.2, 0) is 4.74 Å². The van der Waals surface area contributed by atoms with Crippen LogP contribution in [0.15, 0.2) is 18.2 Å². The highest BCUT2D eigenvalue weighted by Gasteiger charge is 2.11. The first-order valence-electron chi connectivity index (χ1n) is 5.99. The predicted molar refractivity (Wildman–Crippen MR) is 73.9 cm³/mol. The van der Waals surface area contributed by atoms with Gasteiger partial charge in [-0.2, -0.15) is 0 Å². The number of nitrogens with two attached hydrogens (primary N) is 1. The fourth-order valence-electron chi connectivity index (χ4n) is 1.48. The number of carbonyl (C=O) groups excluding carboxylic acids is 1. The third-order valence-corrected chi connectivity index (χ3v) is 2.44. The minimum atomic E-state index is -0.383. The number of nitrogens with zero attached hydrogens (tertiary/aromatic N) is 1. The second kappa shape index (κ2) is 6.86. The number of carbonyl (C=O) groups is 1. The van der Waals surface area contributed by atoms with Crippen molar-refractivity contribution in [1.82, 2.24) is 4.90 Å². The highest BCUT2D eigenvalue weighted by atomic mass is 16.5. The summed E-state index contributed by atoms with van der Waals surface area (Å²) in [5.74, 6) is -0.383. The quantitative estimate of drug-likeness (QED) is 0.591. The van der Waals surface area contributed by atoms with Crippen molar-refractivity contribution < 1.29 is 9.53 Å². The van der Waals surface area contributed by atoms with Crippen molar-refractivity contribution >= 4 is 17.3 Å². The van der Waals surface area contributed by atoms with Gasteiger partial charge in [0.2, 0.25) is 0 Å². The van der Waals surface area contributed by atoms with E-state index in [1.54, 1.807) is 19.1 Å². The number of esters is 1. The number of anilines is 2. The highest BCUT2D eigenvalue weighted by molar-refractivity contribution is 5.96. The summed E-state index contributed by atoms with van der Waals surface area (Å²) in [6.07, 6.45) is 0. The van der Waals surface area contributed by atoms with Gasteiger partial charge in [0.1, 0.15) is 0 Å². The molecule has 1 aromatic rings. The van der Waals surface area contributed by atoms with E-state index in [4.69, 9.17) is 10.5 Å². The zero-order chi connectivity index (χ0) is 13.5. The molecule has 1 aromatic carbocycles. The van der Waals surface area contributed by atoms with Gasteiger partial charge in [-0.15, -0.1) is 0 Å². The minimum absolute atomic E-state index is 0.344. The van der Waals surface area contributed by atoms with Crippen molar-refractivity contribution in [1.29, 1.82) is 0 Å². The van der Waals surface area contributed by atoms with E-state index >= 15 is 0 Å². The Hall–Kier alpha value is -1.75. The van der Waals surface area contributed by atoms with Crippen LogP contribution in [0, 0.1) is 0 Å². The Morgan fingerprint density at radius 1 is 1.44 bits per heavy atom. The lowest BCUT2D eigenvalue weighted by Crippen LogP contribution is -2.21. The van der Waals surface area contributed by atoms with Crippen molar-refractivity contribution in [2.45, 2.75) is 6.92 Å². The lowest BCUT2D eigenvalue weighted by Gasteiger charge is -2.13. The number of hydrogen-bond donors (Lipinski definition) is 2. The van der Waals surface area contributed by atoms with Crippen LogP contribution >= 0.6 is 0 Å². The first-order valence-corrected chi connectivity index (χ1v) is 5.99. The highest BCUT2D eigenvalue weighted by Crippen LogP contribution is 2.18. The second-order valence-corrected chi connectivity index (χ2v) is 4.25. The smallest absolute Gasteiger partial charge is 0.340 e. The molecule has 18 heavy (non-hydrogen) atoms. The van der Waals surface area contributed by atoms with Crippen molar-refractivity contribution in [2.75, 3.05) is 44.8 Å². The maximum absolute atomic E-state index is 11.7. The zero-order valence-electron chi connectivity index (χ0n) is 11.2. The molecule has 0 aliphatic heterocycles. The van der Waals surface area contributed by atoms with Gasteiger partial charge < -0.3 is 20.7 Å². The summed E-state index contributed by atoms with van der Waals surface area (Å²) in [4.78, 5) is 13.7. The second-order valence-electron chi connectivity index (χ2n) is 4.25. The lowest BCUT2D eigenvalue weighted by atomic mass is 10.1. The van der Waals surface area contributed by atoms with Gasteiger partial charge in [0.25, 0.3) is 0 Å². The molecule has 0 bridgehead atoms. The van der Waals surface area contributed by atoms with E-state index in [9.17, 15) is 4.79 Å². The summed E-state index contributed by atoms with van der Waals surface area (Å²) in [7, 11) is 4.02. The Balaban J connectivity index is 2.71. The Kier molecular flexibility index (Phi) is 5.45. The number of nitrogen functional groups attached to an aromatic ring is 1. The van der Waals surface area contributed by atoms with E-state index < -0.39 is 0 Å². The molecule has 0 aliphatic carbocycles. The topological polar surface area (TPSA) is 67.6 Å². The molecule has 0 radical (unpaired) electrons. The van der Waals surface area contributed by atoms with Crippen LogP contribution < -0.4 is 11.1 Å². The van der Waals surface area contributed by atoms with Crippen LogP contribution in [0.3, 0.4) is 0 Å². The van der Waals surface area contributed by atoms with Crippen LogP contribution in [0.5, 0.6) is 0 Å². The number of hydrogen-bond acceptors (Lipinski definition) is 5. The summed E-state index contributed by atoms with van der Waals surface area (Å²) in [6, 6.07) is 5.29. The number of rotatable bonds is 6. The molecule has 0 spiro atoms. The van der Waals surface area contributed by atoms with E-state index in [0.717, 1.165) is 18.8 Å². The van der Waals surface area contributed by atoms with Gasteiger partial charge >= 0.3 is 5.97 Å². The lowest BCUT2D eigenvalue weighted by molar-refractivity contribution is 0.0527. The molecule has 0 fully saturated rings. The van der Waals surface area contributed by atoms with Crippen LogP contribution in [0.1, 0.15) is 17.3 Å². The van der Waals surface area contributed by atoms with Crippen molar-refractivity contribution in [3.63, 3.8) is 0 Å². The molecule has 3 N–H and O–H groups in total. The first kappa shape index (κ1) is 14.3. The van der Waals surface area contributed by atoms with Crippen LogP contribution in [0.2, 0.25) is 0 Å². The summed E-state index contributed by atoms with van der Waals surface area (Å²) in [6.45, 7) is 3.84. The Bertz CT molecular complexity index is 405. The van der Waals surface area contributed by atoms with Gasteiger partial charge in [0, 0.05) is 24.5 Å². The fraction of sp³-hybridized carbons (Fsp3) is 0.462. The third-order valence-electron chi connectivity index (χ3n) is 2.44. The van der Waals surface area contributed by atoms with Gasteiger partial charge in [0.15, 0.2) is 0 Å². The molecule has 0 saturated heterocycles. The predicted octanol–water partition coefficient (Wildman–Crippen LogP) is 1.42. The van der Waals surface area contributed by atoms with E-state index in [-0.39, 0.29) is 5.97 Å². The normalized spacial score (nSPS) is 10.4. The van der Waals surface area contributed by atoms with Crippen LogP contribution in [-0.4, -0.2) is 44.7 Å². The van der Waals surface area contributed by atoms with Crippen LogP contribution in [0.4, 0.5) is 11.4 Å². The number of benzene rings is 1. The SMILES string of the molecule is CCOC(=O)c1cc(NCCN(C)C)ccc1N. The van der Waals surface area contributed by atoms with Gasteiger partial charge in [-0.25, -0.2) is 4.79 Å². The van der Waals surface area contributed by atoms with Crippen molar-refractivity contribution in [3.05, 3.63) is 23.8 Å². The standard InChI is InChI=1S/C13H21N3O2/c1-4-18-13(17)11-9-10(5-6-12(11)14)15-7-8-16(2)3/h5-6,9,15H,4,7-8,14H2,1-3H3. The monoisotopic (exact) mass is 251 g/mol. The average molecular weight is 251 g/mol. The summed E-state index contributed by atoms with van der Waals surface area (Å²) < 4.78 is 4.95. The molecule has 1 rings (SSSR count). The number of nitrogens with one attached hydrogen (secondary N) is 1. The van der Waals surface area contributed by atoms with E-state index in [0.29, 0.717) is 17.9 Å². The molecule has 0 aromatic heterocycles. The molecule has 0 unspecified atom stereocenters. The molecule has 0 amide bonds. The number of ether oxygens (including phenoxy) is 1. The third kappa shape index (κ3) is 4.25. The maximum Gasteiger partial charge on any atom is 0.340 e. The molecule has 5 nitrogen and oxygen atoms in total. The molecule has 0 atom stereocenters. The fourth-order valence-corrected chi connectivity index (χ4v) is 1.48. The maximum atomic E-state index is 11.7. The van der Waals surface area contributed by atoms with Gasteiger partial charge in [-0.05, 0) is 39.2 Å². The largest absolute Gasteiger partial charge is 0.462 e. The van der Waals surface area contributed by atoms with Crippen molar-refractivity contribution in [3.8, 4) is 0 Å². The van der Waals surface area contributed by atoms with Crippen molar-refractivity contribution in [2.24, 2.45) is 0 Å². The Morgan fingerprint density at radius 2 is 2.17 bits per heavy atom. The summed E-state index contributed by atoms with van der Waals surface area (Å²) in [5, 5.41) is 3.24. The molecule has 5 heteroatoms. The zero-order valence-corrected chi connectivity index (χ0v) is 11.2. The Labute approximate surface area is 108 Å². The molecule has 0 aliphatic rings. The average Bonchev–Trinajstić information content (AvgIpc) is 2.31.